The van der Waals surface area contributed by atoms with E-state index in [4.69, 9.17) is 0 Å². The molecule has 0 bridgehead atoms. The van der Waals surface area contributed by atoms with Gasteiger partial charge in [0.15, 0.2) is 0 Å². The minimum absolute atomic E-state index is 0.276. The summed E-state index contributed by atoms with van der Waals surface area (Å²) < 4.78 is 0. The van der Waals surface area contributed by atoms with Gasteiger partial charge in [-0.25, -0.2) is 4.98 Å². The fraction of sp³-hybridized carbons (Fsp3) is 0.750. The summed E-state index contributed by atoms with van der Waals surface area (Å²) in [7, 11) is 0. The molecule has 118 valence electrons. The zero-order valence-corrected chi connectivity index (χ0v) is 13.9. The van der Waals surface area contributed by atoms with E-state index in [0.717, 1.165) is 57.2 Å². The van der Waals surface area contributed by atoms with Crippen LogP contribution in [0.15, 0.2) is 12.4 Å². The molecule has 0 spiro atoms. The average molecular weight is 291 g/mol. The summed E-state index contributed by atoms with van der Waals surface area (Å²) in [6.07, 6.45) is 4.84. The summed E-state index contributed by atoms with van der Waals surface area (Å²) in [6, 6.07) is 0. The Bertz CT molecular complexity index is 415. The minimum atomic E-state index is 0.276. The SMILES string of the molecule is CCCNc1cnc(CN2CCN(C(C)(C)C)CC2)cn1. The van der Waals surface area contributed by atoms with Gasteiger partial charge in [0, 0.05) is 44.8 Å². The summed E-state index contributed by atoms with van der Waals surface area (Å²) in [5, 5.41) is 3.25. The maximum atomic E-state index is 4.51. The van der Waals surface area contributed by atoms with Gasteiger partial charge < -0.3 is 5.32 Å². The van der Waals surface area contributed by atoms with Crippen molar-refractivity contribution in [1.82, 2.24) is 19.8 Å². The highest BCUT2D eigenvalue weighted by atomic mass is 15.3. The molecular weight excluding hydrogens is 262 g/mol. The van der Waals surface area contributed by atoms with Gasteiger partial charge in [0.1, 0.15) is 5.82 Å². The van der Waals surface area contributed by atoms with Crippen LogP contribution < -0.4 is 5.32 Å². The molecule has 0 saturated carbocycles. The molecule has 2 heterocycles. The van der Waals surface area contributed by atoms with Crippen LogP contribution in [0.3, 0.4) is 0 Å². The highest BCUT2D eigenvalue weighted by molar-refractivity contribution is 5.30. The summed E-state index contributed by atoms with van der Waals surface area (Å²) in [5.41, 5.74) is 1.33. The van der Waals surface area contributed by atoms with Crippen molar-refractivity contribution >= 4 is 5.82 Å². The molecule has 1 aliphatic heterocycles. The van der Waals surface area contributed by atoms with Gasteiger partial charge in [-0.3, -0.25) is 14.8 Å². The molecule has 0 amide bonds. The average Bonchev–Trinajstić information content (AvgIpc) is 2.46. The second-order valence-electron chi connectivity index (χ2n) is 6.75. The van der Waals surface area contributed by atoms with Gasteiger partial charge in [-0.1, -0.05) is 6.92 Å². The Balaban J connectivity index is 1.80. The van der Waals surface area contributed by atoms with Crippen molar-refractivity contribution in [3.8, 4) is 0 Å². The van der Waals surface area contributed by atoms with E-state index in [1.807, 2.05) is 12.4 Å². The van der Waals surface area contributed by atoms with Gasteiger partial charge in [0.05, 0.1) is 18.1 Å². The predicted octanol–water partition coefficient (Wildman–Crippen LogP) is 2.21. The Morgan fingerprint density at radius 1 is 1.10 bits per heavy atom. The van der Waals surface area contributed by atoms with Crippen LogP contribution in [-0.2, 0) is 6.54 Å². The van der Waals surface area contributed by atoms with Gasteiger partial charge >= 0.3 is 0 Å². The van der Waals surface area contributed by atoms with Crippen molar-refractivity contribution in [3.05, 3.63) is 18.1 Å². The molecule has 0 aromatic carbocycles. The number of nitrogens with zero attached hydrogens (tertiary/aromatic N) is 4. The third-order valence-electron chi connectivity index (χ3n) is 3.97. The van der Waals surface area contributed by atoms with Crippen LogP contribution in [0.4, 0.5) is 5.82 Å². The quantitative estimate of drug-likeness (QED) is 0.901. The molecule has 1 fully saturated rings. The van der Waals surface area contributed by atoms with Crippen molar-refractivity contribution in [3.63, 3.8) is 0 Å². The number of anilines is 1. The molecule has 0 radical (unpaired) electrons. The Hall–Kier alpha value is -1.20. The van der Waals surface area contributed by atoms with Crippen molar-refractivity contribution in [2.75, 3.05) is 38.0 Å². The Labute approximate surface area is 128 Å². The van der Waals surface area contributed by atoms with Gasteiger partial charge in [0.25, 0.3) is 0 Å². The molecule has 2 rings (SSSR count). The molecule has 1 aromatic heterocycles. The molecule has 0 unspecified atom stereocenters. The highest BCUT2D eigenvalue weighted by Gasteiger charge is 2.25. The minimum Gasteiger partial charge on any atom is -0.369 e. The fourth-order valence-electron chi connectivity index (χ4n) is 2.59. The first kappa shape index (κ1) is 16.2. The summed E-state index contributed by atoms with van der Waals surface area (Å²) in [5.74, 6) is 0.873. The lowest BCUT2D eigenvalue weighted by Gasteiger charge is -2.42. The third kappa shape index (κ3) is 4.93. The summed E-state index contributed by atoms with van der Waals surface area (Å²) in [4.78, 5) is 14.0. The molecule has 1 aliphatic rings. The lowest BCUT2D eigenvalue weighted by atomic mass is 10.0. The van der Waals surface area contributed by atoms with Crippen LogP contribution in [-0.4, -0.2) is 58.0 Å². The van der Waals surface area contributed by atoms with Crippen molar-refractivity contribution in [1.29, 1.82) is 0 Å². The molecule has 5 nitrogen and oxygen atoms in total. The van der Waals surface area contributed by atoms with E-state index in [0.29, 0.717) is 0 Å². The van der Waals surface area contributed by atoms with Crippen LogP contribution in [0, 0.1) is 0 Å². The number of nitrogens with one attached hydrogen (secondary N) is 1. The van der Waals surface area contributed by atoms with E-state index in [9.17, 15) is 0 Å². The topological polar surface area (TPSA) is 44.3 Å². The third-order valence-corrected chi connectivity index (χ3v) is 3.97. The number of aromatic nitrogens is 2. The second kappa shape index (κ2) is 7.18. The monoisotopic (exact) mass is 291 g/mol. The normalized spacial score (nSPS) is 17.9. The zero-order chi connectivity index (χ0) is 15.3. The van der Waals surface area contributed by atoms with E-state index < -0.39 is 0 Å². The van der Waals surface area contributed by atoms with Crippen LogP contribution in [0.5, 0.6) is 0 Å². The van der Waals surface area contributed by atoms with E-state index in [2.05, 4.69) is 52.8 Å². The van der Waals surface area contributed by atoms with Crippen LogP contribution in [0.2, 0.25) is 0 Å². The molecule has 21 heavy (non-hydrogen) atoms. The predicted molar refractivity (Wildman–Crippen MR) is 87.4 cm³/mol. The van der Waals surface area contributed by atoms with E-state index in [1.54, 1.807) is 0 Å². The first-order valence-corrected chi connectivity index (χ1v) is 8.01. The Morgan fingerprint density at radius 2 is 1.81 bits per heavy atom. The highest BCUT2D eigenvalue weighted by Crippen LogP contribution is 2.16. The molecule has 1 saturated heterocycles. The van der Waals surface area contributed by atoms with Gasteiger partial charge in [0.2, 0.25) is 0 Å². The van der Waals surface area contributed by atoms with Crippen LogP contribution in [0.25, 0.3) is 0 Å². The molecule has 5 heteroatoms. The molecular formula is C16H29N5. The number of rotatable bonds is 5. The van der Waals surface area contributed by atoms with Gasteiger partial charge in [-0.15, -0.1) is 0 Å². The van der Waals surface area contributed by atoms with E-state index in [1.165, 1.54) is 0 Å². The van der Waals surface area contributed by atoms with Crippen LogP contribution in [0.1, 0.15) is 39.8 Å². The maximum absolute atomic E-state index is 4.51. The lowest BCUT2D eigenvalue weighted by molar-refractivity contribution is 0.0585. The Morgan fingerprint density at radius 3 is 2.33 bits per heavy atom. The Kier molecular flexibility index (Phi) is 5.53. The molecule has 1 aromatic rings. The number of piperazine rings is 1. The summed E-state index contributed by atoms with van der Waals surface area (Å²) in [6.45, 7) is 15.3. The lowest BCUT2D eigenvalue weighted by Crippen LogP contribution is -2.53. The maximum Gasteiger partial charge on any atom is 0.144 e. The van der Waals surface area contributed by atoms with Gasteiger partial charge in [-0.05, 0) is 27.2 Å². The fourth-order valence-corrected chi connectivity index (χ4v) is 2.59. The van der Waals surface area contributed by atoms with Crippen molar-refractivity contribution in [2.24, 2.45) is 0 Å². The standard InChI is InChI=1S/C16H29N5/c1-5-6-17-15-12-18-14(11-19-15)13-20-7-9-21(10-8-20)16(2,3)4/h11-12H,5-10,13H2,1-4H3,(H,17,19). The van der Waals surface area contributed by atoms with Crippen LogP contribution >= 0.6 is 0 Å². The van der Waals surface area contributed by atoms with Crippen molar-refractivity contribution < 1.29 is 0 Å². The summed E-state index contributed by atoms with van der Waals surface area (Å²) >= 11 is 0. The molecule has 0 atom stereocenters. The number of hydrogen-bond donors (Lipinski definition) is 1. The van der Waals surface area contributed by atoms with E-state index >= 15 is 0 Å². The first-order valence-electron chi connectivity index (χ1n) is 8.01. The zero-order valence-electron chi connectivity index (χ0n) is 13.9. The second-order valence-corrected chi connectivity index (χ2v) is 6.75. The van der Waals surface area contributed by atoms with E-state index in [-0.39, 0.29) is 5.54 Å². The van der Waals surface area contributed by atoms with Crippen molar-refractivity contribution in [2.45, 2.75) is 46.2 Å². The number of hydrogen-bond acceptors (Lipinski definition) is 5. The first-order chi connectivity index (χ1) is 9.99. The van der Waals surface area contributed by atoms with Gasteiger partial charge in [-0.2, -0.15) is 0 Å². The smallest absolute Gasteiger partial charge is 0.144 e. The molecule has 1 N–H and O–H groups in total. The largest absolute Gasteiger partial charge is 0.369 e. The molecule has 0 aliphatic carbocycles.